The number of piperidine rings is 1. The maximum absolute atomic E-state index is 12.5. The number of rotatable bonds is 10. The minimum atomic E-state index is -0.594. The van der Waals surface area contributed by atoms with E-state index in [0.29, 0.717) is 36.2 Å². The Morgan fingerprint density at radius 1 is 1.12 bits per heavy atom. The van der Waals surface area contributed by atoms with Crippen molar-refractivity contribution in [3.8, 4) is 28.8 Å². The van der Waals surface area contributed by atoms with Gasteiger partial charge in [0.25, 0.3) is 5.91 Å². The number of carbonyl (C=O) groups excluding carboxylic acids is 2. The maximum Gasteiger partial charge on any atom is 0.252 e. The Kier molecular flexibility index (Phi) is 9.46. The number of hydrogen-bond donors (Lipinski definition) is 1. The van der Waals surface area contributed by atoms with Crippen molar-refractivity contribution < 1.29 is 23.8 Å². The van der Waals surface area contributed by atoms with Crippen LogP contribution in [0.15, 0.2) is 30.7 Å². The van der Waals surface area contributed by atoms with E-state index in [9.17, 15) is 9.59 Å². The molecule has 2 aromatic heterocycles. The lowest BCUT2D eigenvalue weighted by Crippen LogP contribution is -2.44. The van der Waals surface area contributed by atoms with Crippen LogP contribution in [0, 0.1) is 11.3 Å². The average molecular weight is 589 g/mol. The Hall–Kier alpha value is -4.17. The van der Waals surface area contributed by atoms with Crippen LogP contribution < -0.4 is 15.2 Å². The van der Waals surface area contributed by atoms with E-state index in [2.05, 4.69) is 0 Å². The van der Waals surface area contributed by atoms with Gasteiger partial charge in [-0.25, -0.2) is 4.98 Å². The van der Waals surface area contributed by atoms with Crippen molar-refractivity contribution in [2.75, 3.05) is 19.7 Å². The fourth-order valence-corrected chi connectivity index (χ4v) is 6.10. The number of pyridine rings is 1. The number of carbonyl (C=O) groups is 2. The van der Waals surface area contributed by atoms with Crippen LogP contribution in [0.2, 0.25) is 0 Å². The molecule has 11 heteroatoms. The second kappa shape index (κ2) is 13.4. The summed E-state index contributed by atoms with van der Waals surface area (Å²) in [5, 5.41) is 15.1. The summed E-state index contributed by atoms with van der Waals surface area (Å²) in [6.45, 7) is 7.50. The fraction of sp³-hybridized carbons (Fsp3) is 0.531. The van der Waals surface area contributed by atoms with Crippen molar-refractivity contribution >= 4 is 22.6 Å². The summed E-state index contributed by atoms with van der Waals surface area (Å²) in [5.41, 5.74) is 7.74. The number of nitrogens with zero attached hydrogens (tertiary/aromatic N) is 5. The molecule has 0 spiro atoms. The number of benzene rings is 1. The highest BCUT2D eigenvalue weighted by Gasteiger charge is 2.27. The molecular formula is C32H40N6O5. The van der Waals surface area contributed by atoms with E-state index in [-0.39, 0.29) is 36.1 Å². The second-order valence-electron chi connectivity index (χ2n) is 11.6. The topological polar surface area (TPSA) is 146 Å². The highest BCUT2D eigenvalue weighted by Crippen LogP contribution is 2.39. The second-order valence-corrected chi connectivity index (χ2v) is 11.6. The number of likely N-dealkylation sites (tertiary alicyclic amines) is 1. The molecule has 3 heterocycles. The minimum Gasteiger partial charge on any atom is -0.490 e. The fourth-order valence-electron chi connectivity index (χ4n) is 6.10. The number of hydrogen-bond acceptors (Lipinski definition) is 8. The van der Waals surface area contributed by atoms with Gasteiger partial charge in [0, 0.05) is 42.1 Å². The zero-order valence-corrected chi connectivity index (χ0v) is 25.1. The summed E-state index contributed by atoms with van der Waals surface area (Å²) in [6.07, 6.45) is 10.8. The van der Waals surface area contributed by atoms with Gasteiger partial charge in [-0.1, -0.05) is 0 Å². The molecule has 2 fully saturated rings. The molecule has 228 valence electrons. The summed E-state index contributed by atoms with van der Waals surface area (Å²) >= 11 is 0. The van der Waals surface area contributed by atoms with Gasteiger partial charge in [0.1, 0.15) is 18.3 Å². The number of nitriles is 1. The minimum absolute atomic E-state index is 0.157. The van der Waals surface area contributed by atoms with Crippen LogP contribution in [-0.2, 0) is 9.53 Å². The third-order valence-corrected chi connectivity index (χ3v) is 8.15. The number of amides is 2. The molecule has 3 aromatic rings. The van der Waals surface area contributed by atoms with E-state index >= 15 is 0 Å². The van der Waals surface area contributed by atoms with Crippen molar-refractivity contribution in [3.05, 3.63) is 36.3 Å². The van der Waals surface area contributed by atoms with Crippen LogP contribution in [0.4, 0.5) is 0 Å². The van der Waals surface area contributed by atoms with Gasteiger partial charge in [0.2, 0.25) is 11.8 Å². The predicted octanol–water partition coefficient (Wildman–Crippen LogP) is 4.79. The first-order valence-corrected chi connectivity index (χ1v) is 15.2. The normalized spacial score (nSPS) is 20.6. The Morgan fingerprint density at radius 2 is 1.91 bits per heavy atom. The molecule has 0 bridgehead atoms. The first kappa shape index (κ1) is 30.3. The highest BCUT2D eigenvalue weighted by atomic mass is 16.5. The van der Waals surface area contributed by atoms with Gasteiger partial charge in [-0.2, -0.15) is 10.4 Å². The zero-order chi connectivity index (χ0) is 30.5. The summed E-state index contributed by atoms with van der Waals surface area (Å²) < 4.78 is 20.3. The molecule has 1 unspecified atom stereocenters. The number of ether oxygens (including phenoxy) is 3. The monoisotopic (exact) mass is 588 g/mol. The first-order chi connectivity index (χ1) is 20.8. The van der Waals surface area contributed by atoms with E-state index < -0.39 is 5.91 Å². The molecule has 2 aliphatic rings. The molecule has 0 radical (unpaired) electrons. The largest absolute Gasteiger partial charge is 0.490 e. The molecule has 1 atom stereocenters. The molecule has 1 saturated carbocycles. The zero-order valence-electron chi connectivity index (χ0n) is 25.1. The van der Waals surface area contributed by atoms with E-state index in [0.717, 1.165) is 61.6 Å². The lowest BCUT2D eigenvalue weighted by atomic mass is 9.93. The van der Waals surface area contributed by atoms with Gasteiger partial charge in [-0.15, -0.1) is 0 Å². The van der Waals surface area contributed by atoms with E-state index in [1.165, 1.54) is 0 Å². The van der Waals surface area contributed by atoms with Gasteiger partial charge in [-0.3, -0.25) is 14.3 Å². The summed E-state index contributed by atoms with van der Waals surface area (Å²) in [5.74, 6) is -0.0610. The maximum atomic E-state index is 12.5. The standard InChI is InChI=1S/C32H40N6O5/c1-4-41-23-9-7-22(8-10-23)38-18-21(16-36-38)28-17-35-32(43-24-6-5-13-37(19-24)30(39)11-12-33)26-15-29(42-20(2)3)27(31(34)40)14-25(26)28/h14-18,20,22-24H,4-11,13,19H2,1-3H3,(H2,34,40). The van der Waals surface area contributed by atoms with Gasteiger partial charge >= 0.3 is 0 Å². The molecule has 2 amide bonds. The third-order valence-electron chi connectivity index (χ3n) is 8.15. The number of nitrogens with two attached hydrogens (primary N) is 1. The quantitative estimate of drug-likeness (QED) is 0.356. The van der Waals surface area contributed by atoms with Crippen molar-refractivity contribution in [1.82, 2.24) is 19.7 Å². The van der Waals surface area contributed by atoms with Crippen LogP contribution >= 0.6 is 0 Å². The Morgan fingerprint density at radius 3 is 2.60 bits per heavy atom. The van der Waals surface area contributed by atoms with Gasteiger partial charge in [0.15, 0.2) is 0 Å². The lowest BCUT2D eigenvalue weighted by molar-refractivity contribution is -0.132. The lowest BCUT2D eigenvalue weighted by Gasteiger charge is -2.32. The number of fused-ring (bicyclic) bond motifs is 1. The van der Waals surface area contributed by atoms with E-state index in [1.54, 1.807) is 23.2 Å². The van der Waals surface area contributed by atoms with Crippen LogP contribution in [0.1, 0.15) is 82.1 Å². The summed E-state index contributed by atoms with van der Waals surface area (Å²) in [7, 11) is 0. The molecule has 1 saturated heterocycles. The third kappa shape index (κ3) is 6.91. The molecule has 1 aromatic carbocycles. The molecular weight excluding hydrogens is 548 g/mol. The number of primary amides is 1. The van der Waals surface area contributed by atoms with Crippen LogP contribution in [0.5, 0.6) is 11.6 Å². The van der Waals surface area contributed by atoms with E-state index in [4.69, 9.17) is 35.3 Å². The van der Waals surface area contributed by atoms with Crippen molar-refractivity contribution in [1.29, 1.82) is 5.26 Å². The molecule has 1 aliphatic heterocycles. The number of aromatic nitrogens is 3. The van der Waals surface area contributed by atoms with E-state index in [1.807, 2.05) is 43.9 Å². The molecule has 5 rings (SSSR count). The molecule has 11 nitrogen and oxygen atoms in total. The predicted molar refractivity (Wildman–Crippen MR) is 161 cm³/mol. The van der Waals surface area contributed by atoms with Crippen molar-refractivity contribution in [2.24, 2.45) is 5.73 Å². The Bertz CT molecular complexity index is 1500. The van der Waals surface area contributed by atoms with Gasteiger partial charge < -0.3 is 24.8 Å². The highest BCUT2D eigenvalue weighted by molar-refractivity contribution is 6.06. The smallest absolute Gasteiger partial charge is 0.252 e. The van der Waals surface area contributed by atoms with Gasteiger partial charge in [-0.05, 0) is 76.8 Å². The molecule has 43 heavy (non-hydrogen) atoms. The average Bonchev–Trinajstić information content (AvgIpc) is 3.48. The molecule has 1 aliphatic carbocycles. The van der Waals surface area contributed by atoms with Crippen molar-refractivity contribution in [3.63, 3.8) is 0 Å². The van der Waals surface area contributed by atoms with Crippen LogP contribution in [-0.4, -0.2) is 69.5 Å². The molecule has 2 N–H and O–H groups in total. The Balaban J connectivity index is 1.50. The van der Waals surface area contributed by atoms with Gasteiger partial charge in [0.05, 0.1) is 42.6 Å². The van der Waals surface area contributed by atoms with Crippen molar-refractivity contribution in [2.45, 2.75) is 90.1 Å². The summed E-state index contributed by atoms with van der Waals surface area (Å²) in [6, 6.07) is 5.73. The summed E-state index contributed by atoms with van der Waals surface area (Å²) in [4.78, 5) is 31.3. The van der Waals surface area contributed by atoms with Crippen LogP contribution in [0.3, 0.4) is 0 Å². The first-order valence-electron chi connectivity index (χ1n) is 15.2. The Labute approximate surface area is 251 Å². The van der Waals surface area contributed by atoms with Crippen LogP contribution in [0.25, 0.3) is 21.9 Å². The SMILES string of the molecule is CCOC1CCC(n2cc(-c3cnc(OC4CCCN(C(=O)CC#N)C4)c4cc(OC(C)C)c(C(N)=O)cc34)cn2)CC1.